The molecule has 1 fully saturated rings. The van der Waals surface area contributed by atoms with Gasteiger partial charge in [0.1, 0.15) is 0 Å². The lowest BCUT2D eigenvalue weighted by Gasteiger charge is -2.15. The van der Waals surface area contributed by atoms with Gasteiger partial charge in [-0.2, -0.15) is 0 Å². The minimum absolute atomic E-state index is 0.278. The van der Waals surface area contributed by atoms with Gasteiger partial charge in [0.25, 0.3) is 0 Å². The fourth-order valence-electron chi connectivity index (χ4n) is 2.01. The van der Waals surface area contributed by atoms with Crippen LogP contribution in [0.25, 0.3) is 0 Å². The SMILES string of the molecule is CNC(C)c1cc(Br)ccc1Sc1nnnn1C1CC1. The van der Waals surface area contributed by atoms with E-state index >= 15 is 0 Å². The van der Waals surface area contributed by atoms with Crippen molar-refractivity contribution < 1.29 is 0 Å². The molecule has 2 aromatic rings. The Morgan fingerprint density at radius 3 is 2.95 bits per heavy atom. The lowest BCUT2D eigenvalue weighted by molar-refractivity contribution is 0.565. The molecular weight excluding hydrogens is 338 g/mol. The Kier molecular flexibility index (Phi) is 4.09. The summed E-state index contributed by atoms with van der Waals surface area (Å²) in [6.07, 6.45) is 2.36. The minimum Gasteiger partial charge on any atom is -0.313 e. The maximum absolute atomic E-state index is 4.15. The van der Waals surface area contributed by atoms with E-state index in [1.807, 2.05) is 11.7 Å². The van der Waals surface area contributed by atoms with Gasteiger partial charge < -0.3 is 5.32 Å². The van der Waals surface area contributed by atoms with Crippen LogP contribution in [0.1, 0.15) is 37.4 Å². The van der Waals surface area contributed by atoms with Crippen LogP contribution in [0.3, 0.4) is 0 Å². The number of rotatable bonds is 5. The van der Waals surface area contributed by atoms with Gasteiger partial charge in [-0.3, -0.25) is 0 Å². The molecule has 20 heavy (non-hydrogen) atoms. The highest BCUT2D eigenvalue weighted by Gasteiger charge is 2.28. The van der Waals surface area contributed by atoms with Gasteiger partial charge in [0.05, 0.1) is 6.04 Å². The molecule has 1 N–H and O–H groups in total. The van der Waals surface area contributed by atoms with E-state index in [0.29, 0.717) is 6.04 Å². The average Bonchev–Trinajstić information content (AvgIpc) is 3.20. The number of nitrogens with one attached hydrogen (secondary N) is 1. The number of halogens is 1. The number of benzene rings is 1. The van der Waals surface area contributed by atoms with Crippen molar-refractivity contribution in [3.05, 3.63) is 28.2 Å². The predicted octanol–water partition coefficient (Wildman–Crippen LogP) is 3.20. The van der Waals surface area contributed by atoms with Crippen LogP contribution in [0.15, 0.2) is 32.7 Å². The smallest absolute Gasteiger partial charge is 0.214 e. The van der Waals surface area contributed by atoms with Gasteiger partial charge in [-0.15, -0.1) is 5.10 Å². The van der Waals surface area contributed by atoms with E-state index in [4.69, 9.17) is 0 Å². The summed E-state index contributed by atoms with van der Waals surface area (Å²) in [5.74, 6) is 0. The fourth-order valence-corrected chi connectivity index (χ4v) is 3.43. The molecule has 0 spiro atoms. The zero-order valence-corrected chi connectivity index (χ0v) is 13.8. The van der Waals surface area contributed by atoms with E-state index in [0.717, 1.165) is 9.63 Å². The molecule has 0 saturated heterocycles. The number of hydrogen-bond donors (Lipinski definition) is 1. The van der Waals surface area contributed by atoms with Crippen molar-refractivity contribution in [1.82, 2.24) is 25.5 Å². The molecule has 1 aromatic carbocycles. The van der Waals surface area contributed by atoms with Crippen LogP contribution in [0.2, 0.25) is 0 Å². The van der Waals surface area contributed by atoms with Gasteiger partial charge in [0.15, 0.2) is 0 Å². The molecule has 1 unspecified atom stereocenters. The molecule has 1 aromatic heterocycles. The Morgan fingerprint density at radius 1 is 1.45 bits per heavy atom. The van der Waals surface area contributed by atoms with E-state index < -0.39 is 0 Å². The van der Waals surface area contributed by atoms with Crippen LogP contribution in [0, 0.1) is 0 Å². The van der Waals surface area contributed by atoms with Crippen molar-refractivity contribution in [2.75, 3.05) is 7.05 Å². The van der Waals surface area contributed by atoms with Gasteiger partial charge in [-0.1, -0.05) is 15.9 Å². The summed E-state index contributed by atoms with van der Waals surface area (Å²) in [6, 6.07) is 7.09. The summed E-state index contributed by atoms with van der Waals surface area (Å²) in [5.41, 5.74) is 1.25. The Hall–Kier alpha value is -0.920. The van der Waals surface area contributed by atoms with Crippen molar-refractivity contribution in [3.63, 3.8) is 0 Å². The third-order valence-electron chi connectivity index (χ3n) is 3.43. The quantitative estimate of drug-likeness (QED) is 0.894. The lowest BCUT2D eigenvalue weighted by atomic mass is 10.1. The summed E-state index contributed by atoms with van der Waals surface area (Å²) in [7, 11) is 1.97. The first-order valence-electron chi connectivity index (χ1n) is 6.61. The number of hydrogen-bond acceptors (Lipinski definition) is 5. The van der Waals surface area contributed by atoms with Crippen LogP contribution in [-0.4, -0.2) is 27.3 Å². The third kappa shape index (κ3) is 2.89. The molecule has 1 saturated carbocycles. The monoisotopic (exact) mass is 353 g/mol. The van der Waals surface area contributed by atoms with Gasteiger partial charge in [0.2, 0.25) is 5.16 Å². The molecule has 7 heteroatoms. The van der Waals surface area contributed by atoms with Crippen LogP contribution in [-0.2, 0) is 0 Å². The highest BCUT2D eigenvalue weighted by Crippen LogP contribution is 2.39. The summed E-state index contributed by atoms with van der Waals surface area (Å²) in [6.45, 7) is 2.15. The van der Waals surface area contributed by atoms with Gasteiger partial charge in [-0.05, 0) is 72.8 Å². The van der Waals surface area contributed by atoms with Gasteiger partial charge in [-0.25, -0.2) is 4.68 Å². The fraction of sp³-hybridized carbons (Fsp3) is 0.462. The Morgan fingerprint density at radius 2 is 2.25 bits per heavy atom. The van der Waals surface area contributed by atoms with E-state index in [1.54, 1.807) is 11.8 Å². The molecule has 1 aliphatic rings. The molecule has 0 radical (unpaired) electrons. The first-order chi connectivity index (χ1) is 9.69. The molecule has 1 heterocycles. The van der Waals surface area contributed by atoms with Gasteiger partial charge >= 0.3 is 0 Å². The second kappa shape index (κ2) is 5.83. The van der Waals surface area contributed by atoms with Crippen LogP contribution in [0.5, 0.6) is 0 Å². The van der Waals surface area contributed by atoms with Gasteiger partial charge in [0, 0.05) is 15.4 Å². The normalized spacial score (nSPS) is 16.4. The number of tetrazole rings is 1. The zero-order chi connectivity index (χ0) is 14.1. The van der Waals surface area contributed by atoms with Crippen molar-refractivity contribution >= 4 is 27.7 Å². The first-order valence-corrected chi connectivity index (χ1v) is 8.22. The molecule has 1 atom stereocenters. The van der Waals surface area contributed by atoms with E-state index in [1.165, 1.54) is 23.3 Å². The summed E-state index contributed by atoms with van der Waals surface area (Å²) in [4.78, 5) is 1.19. The predicted molar refractivity (Wildman–Crippen MR) is 81.8 cm³/mol. The largest absolute Gasteiger partial charge is 0.313 e. The molecule has 3 rings (SSSR count). The Balaban J connectivity index is 1.91. The summed E-state index contributed by atoms with van der Waals surface area (Å²) < 4.78 is 3.03. The van der Waals surface area contributed by atoms with Crippen molar-refractivity contribution in [3.8, 4) is 0 Å². The lowest BCUT2D eigenvalue weighted by Crippen LogP contribution is -2.13. The van der Waals surface area contributed by atoms with Crippen LogP contribution >= 0.6 is 27.7 Å². The van der Waals surface area contributed by atoms with Crippen molar-refractivity contribution in [1.29, 1.82) is 0 Å². The molecule has 0 bridgehead atoms. The highest BCUT2D eigenvalue weighted by molar-refractivity contribution is 9.10. The first kappa shape index (κ1) is 14.0. The van der Waals surface area contributed by atoms with Crippen molar-refractivity contribution in [2.24, 2.45) is 0 Å². The topological polar surface area (TPSA) is 55.6 Å². The standard InChI is InChI=1S/C13H16BrN5S/c1-8(15-2)11-7-9(14)3-6-12(11)20-13-16-17-18-19(13)10-4-5-10/h3,6-8,10,15H,4-5H2,1-2H3. The van der Waals surface area contributed by atoms with Crippen molar-refractivity contribution in [2.45, 2.75) is 41.9 Å². The minimum atomic E-state index is 0.278. The third-order valence-corrected chi connectivity index (χ3v) is 4.96. The second-order valence-corrected chi connectivity index (χ2v) is 6.86. The number of nitrogens with zero attached hydrogens (tertiary/aromatic N) is 4. The summed E-state index contributed by atoms with van der Waals surface area (Å²) >= 11 is 5.17. The second-order valence-electron chi connectivity index (χ2n) is 4.93. The molecule has 0 aliphatic heterocycles. The maximum atomic E-state index is 4.15. The highest BCUT2D eigenvalue weighted by atomic mass is 79.9. The maximum Gasteiger partial charge on any atom is 0.214 e. The Labute approximate surface area is 130 Å². The molecular formula is C13H16BrN5S. The molecule has 106 valence electrons. The van der Waals surface area contributed by atoms with Crippen LogP contribution in [0.4, 0.5) is 0 Å². The molecule has 5 nitrogen and oxygen atoms in total. The zero-order valence-electron chi connectivity index (χ0n) is 11.4. The van der Waals surface area contributed by atoms with E-state index in [-0.39, 0.29) is 6.04 Å². The van der Waals surface area contributed by atoms with Crippen LogP contribution < -0.4 is 5.32 Å². The van der Waals surface area contributed by atoms with E-state index in [9.17, 15) is 0 Å². The Bertz CT molecular complexity index is 611. The number of aromatic nitrogens is 4. The molecule has 1 aliphatic carbocycles. The molecule has 0 amide bonds. The van der Waals surface area contributed by atoms with E-state index in [2.05, 4.69) is 61.9 Å². The average molecular weight is 354 g/mol. The summed E-state index contributed by atoms with van der Waals surface area (Å²) in [5, 5.41) is 16.2.